The SMILES string of the molecule is COc1c(C)nn(-c2ccccc2)c1NC(N)=O. The number of aromatic nitrogens is 2. The molecule has 0 aliphatic carbocycles. The van der Waals surface area contributed by atoms with Crippen LogP contribution in [-0.2, 0) is 0 Å². The number of nitrogens with zero attached hydrogens (tertiary/aromatic N) is 2. The molecule has 0 aliphatic heterocycles. The molecule has 0 saturated heterocycles. The molecule has 1 heterocycles. The van der Waals surface area contributed by atoms with Crippen LogP contribution in [0.3, 0.4) is 0 Å². The first-order chi connectivity index (χ1) is 8.63. The van der Waals surface area contributed by atoms with Crippen LogP contribution in [0.15, 0.2) is 30.3 Å². The lowest BCUT2D eigenvalue weighted by molar-refractivity contribution is 0.259. The quantitative estimate of drug-likeness (QED) is 0.864. The lowest BCUT2D eigenvalue weighted by Gasteiger charge is -2.08. The van der Waals surface area contributed by atoms with Crippen molar-refractivity contribution in [2.75, 3.05) is 12.4 Å². The fraction of sp³-hybridized carbons (Fsp3) is 0.167. The highest BCUT2D eigenvalue weighted by Gasteiger charge is 2.18. The van der Waals surface area contributed by atoms with Crippen LogP contribution in [-0.4, -0.2) is 22.9 Å². The fourth-order valence-corrected chi connectivity index (χ4v) is 1.74. The number of aryl methyl sites for hydroxylation is 1. The lowest BCUT2D eigenvalue weighted by Crippen LogP contribution is -2.21. The Morgan fingerprint density at radius 2 is 2.06 bits per heavy atom. The second-order valence-electron chi connectivity index (χ2n) is 3.70. The number of nitrogens with two attached hydrogens (primary N) is 1. The second kappa shape index (κ2) is 4.79. The molecular formula is C12H14N4O2. The summed E-state index contributed by atoms with van der Waals surface area (Å²) in [5.74, 6) is 0.923. The molecule has 6 nitrogen and oxygen atoms in total. The van der Waals surface area contributed by atoms with E-state index in [1.54, 1.807) is 11.6 Å². The van der Waals surface area contributed by atoms with E-state index in [0.717, 1.165) is 5.69 Å². The number of ether oxygens (including phenoxy) is 1. The number of carbonyl (C=O) groups is 1. The van der Waals surface area contributed by atoms with Gasteiger partial charge in [-0.1, -0.05) is 18.2 Å². The van der Waals surface area contributed by atoms with E-state index >= 15 is 0 Å². The topological polar surface area (TPSA) is 82.2 Å². The largest absolute Gasteiger partial charge is 0.491 e. The predicted molar refractivity (Wildman–Crippen MR) is 68.1 cm³/mol. The minimum atomic E-state index is -0.662. The molecule has 0 bridgehead atoms. The molecule has 3 N–H and O–H groups in total. The Hall–Kier alpha value is -2.50. The average Bonchev–Trinajstić information content (AvgIpc) is 2.66. The van der Waals surface area contributed by atoms with Crippen LogP contribution in [0.25, 0.3) is 5.69 Å². The van der Waals surface area contributed by atoms with Gasteiger partial charge in [0.2, 0.25) is 0 Å². The van der Waals surface area contributed by atoms with Crippen molar-refractivity contribution in [3.8, 4) is 11.4 Å². The van der Waals surface area contributed by atoms with Gasteiger partial charge in [0.15, 0.2) is 11.6 Å². The third-order valence-corrected chi connectivity index (χ3v) is 2.45. The molecule has 1 aromatic carbocycles. The summed E-state index contributed by atoms with van der Waals surface area (Å²) in [6, 6.07) is 8.75. The van der Waals surface area contributed by atoms with Crippen LogP contribution in [0.5, 0.6) is 5.75 Å². The smallest absolute Gasteiger partial charge is 0.317 e. The van der Waals surface area contributed by atoms with Gasteiger partial charge in [-0.2, -0.15) is 5.10 Å². The number of rotatable bonds is 3. The summed E-state index contributed by atoms with van der Waals surface area (Å²) in [6.07, 6.45) is 0. The Labute approximate surface area is 104 Å². The van der Waals surface area contributed by atoms with Crippen LogP contribution in [0.1, 0.15) is 5.69 Å². The van der Waals surface area contributed by atoms with Gasteiger partial charge >= 0.3 is 6.03 Å². The molecule has 0 spiro atoms. The number of nitrogens with one attached hydrogen (secondary N) is 1. The molecule has 0 radical (unpaired) electrons. The van der Waals surface area contributed by atoms with E-state index < -0.39 is 6.03 Å². The minimum absolute atomic E-state index is 0.425. The number of amides is 2. The van der Waals surface area contributed by atoms with Gasteiger partial charge in [0.1, 0.15) is 5.69 Å². The van der Waals surface area contributed by atoms with Gasteiger partial charge in [-0.25, -0.2) is 9.48 Å². The van der Waals surface area contributed by atoms with Crippen LogP contribution in [0.4, 0.5) is 10.6 Å². The summed E-state index contributed by atoms with van der Waals surface area (Å²) in [7, 11) is 1.52. The Bertz CT molecular complexity index is 563. The van der Waals surface area contributed by atoms with E-state index in [4.69, 9.17) is 10.5 Å². The maximum Gasteiger partial charge on any atom is 0.317 e. The number of carbonyl (C=O) groups excluding carboxylic acids is 1. The van der Waals surface area contributed by atoms with Gasteiger partial charge < -0.3 is 10.5 Å². The number of benzene rings is 1. The number of urea groups is 1. The van der Waals surface area contributed by atoms with Gasteiger partial charge in [-0.05, 0) is 19.1 Å². The van der Waals surface area contributed by atoms with E-state index in [9.17, 15) is 4.79 Å². The second-order valence-corrected chi connectivity index (χ2v) is 3.70. The predicted octanol–water partition coefficient (Wildman–Crippen LogP) is 1.68. The average molecular weight is 246 g/mol. The zero-order valence-electron chi connectivity index (χ0n) is 10.2. The van der Waals surface area contributed by atoms with Crippen LogP contribution in [0.2, 0.25) is 0 Å². The summed E-state index contributed by atoms with van der Waals surface area (Å²) in [6.45, 7) is 1.80. The summed E-state index contributed by atoms with van der Waals surface area (Å²) in [4.78, 5) is 11.0. The van der Waals surface area contributed by atoms with E-state index in [1.165, 1.54) is 7.11 Å². The Balaban J connectivity index is 2.56. The number of para-hydroxylation sites is 1. The van der Waals surface area contributed by atoms with E-state index in [1.807, 2.05) is 30.3 Å². The highest BCUT2D eigenvalue weighted by molar-refractivity contribution is 5.89. The van der Waals surface area contributed by atoms with Crippen LogP contribution in [0, 0.1) is 6.92 Å². The molecule has 0 fully saturated rings. The highest BCUT2D eigenvalue weighted by Crippen LogP contribution is 2.30. The molecule has 2 rings (SSSR count). The molecular weight excluding hydrogens is 232 g/mol. The Morgan fingerprint density at radius 1 is 1.39 bits per heavy atom. The minimum Gasteiger partial charge on any atom is -0.491 e. The first-order valence-corrected chi connectivity index (χ1v) is 5.39. The van der Waals surface area contributed by atoms with Gasteiger partial charge in [0.25, 0.3) is 0 Å². The molecule has 94 valence electrons. The zero-order valence-corrected chi connectivity index (χ0v) is 10.2. The third kappa shape index (κ3) is 2.13. The van der Waals surface area contributed by atoms with Crippen molar-refractivity contribution in [3.63, 3.8) is 0 Å². The van der Waals surface area contributed by atoms with Gasteiger partial charge in [0, 0.05) is 0 Å². The highest BCUT2D eigenvalue weighted by atomic mass is 16.5. The van der Waals surface area contributed by atoms with Crippen molar-refractivity contribution < 1.29 is 9.53 Å². The number of hydrogen-bond acceptors (Lipinski definition) is 3. The summed E-state index contributed by atoms with van der Waals surface area (Å²) < 4.78 is 6.81. The fourth-order valence-electron chi connectivity index (χ4n) is 1.74. The van der Waals surface area contributed by atoms with E-state index in [-0.39, 0.29) is 0 Å². The number of anilines is 1. The molecule has 0 unspecified atom stereocenters. The first kappa shape index (κ1) is 12.0. The van der Waals surface area contributed by atoms with Crippen molar-refractivity contribution in [1.29, 1.82) is 0 Å². The number of primary amides is 1. The number of methoxy groups -OCH3 is 1. The summed E-state index contributed by atoms with van der Waals surface area (Å²) in [5, 5.41) is 6.85. The third-order valence-electron chi connectivity index (χ3n) is 2.45. The maximum absolute atomic E-state index is 11.0. The number of hydrogen-bond donors (Lipinski definition) is 2. The van der Waals surface area contributed by atoms with Crippen LogP contribution < -0.4 is 15.8 Å². The van der Waals surface area contributed by atoms with Gasteiger partial charge in [-0.15, -0.1) is 0 Å². The monoisotopic (exact) mass is 246 g/mol. The van der Waals surface area contributed by atoms with Crippen molar-refractivity contribution in [2.45, 2.75) is 6.92 Å². The molecule has 6 heteroatoms. The molecule has 2 amide bonds. The zero-order chi connectivity index (χ0) is 13.1. The van der Waals surface area contributed by atoms with Crippen molar-refractivity contribution >= 4 is 11.8 Å². The molecule has 0 saturated carbocycles. The van der Waals surface area contributed by atoms with Gasteiger partial charge in [-0.3, -0.25) is 5.32 Å². The Morgan fingerprint density at radius 3 is 2.61 bits per heavy atom. The first-order valence-electron chi connectivity index (χ1n) is 5.39. The van der Waals surface area contributed by atoms with Crippen LogP contribution >= 0.6 is 0 Å². The molecule has 18 heavy (non-hydrogen) atoms. The lowest BCUT2D eigenvalue weighted by atomic mass is 10.3. The summed E-state index contributed by atoms with van der Waals surface area (Å²) in [5.41, 5.74) is 6.64. The molecule has 2 aromatic rings. The summed E-state index contributed by atoms with van der Waals surface area (Å²) >= 11 is 0. The van der Waals surface area contributed by atoms with E-state index in [2.05, 4.69) is 10.4 Å². The standard InChI is InChI=1S/C12H14N4O2/c1-8-10(18-2)11(14-12(13)17)16(15-8)9-6-4-3-5-7-9/h3-7H,1-2H3,(H3,13,14,17). The van der Waals surface area contributed by atoms with E-state index in [0.29, 0.717) is 17.3 Å². The molecule has 0 atom stereocenters. The van der Waals surface area contributed by atoms with Gasteiger partial charge in [0.05, 0.1) is 12.8 Å². The maximum atomic E-state index is 11.0. The normalized spacial score (nSPS) is 10.1. The Kier molecular flexibility index (Phi) is 3.18. The van der Waals surface area contributed by atoms with Crippen molar-refractivity contribution in [3.05, 3.63) is 36.0 Å². The molecule has 0 aliphatic rings. The van der Waals surface area contributed by atoms with Crippen molar-refractivity contribution in [2.24, 2.45) is 5.73 Å². The molecule has 1 aromatic heterocycles. The van der Waals surface area contributed by atoms with Crippen molar-refractivity contribution in [1.82, 2.24) is 9.78 Å².